The fraction of sp³-hybridized carbons (Fsp3) is 0.300. The van der Waals surface area contributed by atoms with E-state index in [4.69, 9.17) is 9.84 Å². The number of rotatable bonds is 8. The molecule has 0 aliphatic carbocycles. The Balaban J connectivity index is 1.92. The Kier molecular flexibility index (Phi) is 6.57. The zero-order chi connectivity index (χ0) is 18.2. The highest BCUT2D eigenvalue weighted by Gasteiger charge is 2.12. The highest BCUT2D eigenvalue weighted by molar-refractivity contribution is 5.91. The molecule has 0 spiro atoms. The van der Waals surface area contributed by atoms with Crippen molar-refractivity contribution >= 4 is 11.9 Å². The molecule has 0 unspecified atom stereocenters. The summed E-state index contributed by atoms with van der Waals surface area (Å²) in [5, 5.41) is 12.0. The molecule has 0 bridgehead atoms. The summed E-state index contributed by atoms with van der Waals surface area (Å²) in [5.41, 5.74) is 1.59. The molecule has 0 atom stereocenters. The number of carboxylic acids is 1. The summed E-state index contributed by atoms with van der Waals surface area (Å²) < 4.78 is 5.67. The summed E-state index contributed by atoms with van der Waals surface area (Å²) in [6, 6.07) is 14.1. The van der Waals surface area contributed by atoms with Gasteiger partial charge in [0.25, 0.3) is 0 Å². The number of nitrogens with one attached hydrogen (secondary N) is 1. The topological polar surface area (TPSA) is 75.6 Å². The number of hydrogen-bond acceptors (Lipinski definition) is 3. The lowest BCUT2D eigenvalue weighted by Gasteiger charge is -2.11. The van der Waals surface area contributed by atoms with Crippen LogP contribution in [0.25, 0.3) is 0 Å². The molecule has 0 aliphatic heterocycles. The van der Waals surface area contributed by atoms with Gasteiger partial charge < -0.3 is 15.2 Å². The fourth-order valence-corrected chi connectivity index (χ4v) is 2.33. The Morgan fingerprint density at radius 1 is 1.12 bits per heavy atom. The number of amides is 1. The summed E-state index contributed by atoms with van der Waals surface area (Å²) in [5.74, 6) is -0.0325. The average Bonchev–Trinajstić information content (AvgIpc) is 2.59. The Morgan fingerprint density at radius 2 is 1.88 bits per heavy atom. The van der Waals surface area contributed by atoms with Crippen LogP contribution in [0.5, 0.6) is 5.75 Å². The van der Waals surface area contributed by atoms with Gasteiger partial charge in [-0.2, -0.15) is 0 Å². The van der Waals surface area contributed by atoms with Crippen molar-refractivity contribution in [3.63, 3.8) is 0 Å². The van der Waals surface area contributed by atoms with E-state index in [0.29, 0.717) is 24.6 Å². The normalized spacial score (nSPS) is 10.5. The number of carbonyl (C=O) groups is 2. The first-order valence-corrected chi connectivity index (χ1v) is 8.25. The third-order valence-electron chi connectivity index (χ3n) is 3.57. The van der Waals surface area contributed by atoms with Crippen LogP contribution in [0.3, 0.4) is 0 Å². The van der Waals surface area contributed by atoms with E-state index in [0.717, 1.165) is 11.3 Å². The van der Waals surface area contributed by atoms with Gasteiger partial charge in [-0.1, -0.05) is 44.2 Å². The van der Waals surface area contributed by atoms with Gasteiger partial charge in [0.2, 0.25) is 5.91 Å². The number of carbonyl (C=O) groups excluding carboxylic acids is 1. The molecule has 0 fully saturated rings. The predicted molar refractivity (Wildman–Crippen MR) is 95.7 cm³/mol. The first kappa shape index (κ1) is 18.5. The summed E-state index contributed by atoms with van der Waals surface area (Å²) in [6.45, 7) is 5.17. The van der Waals surface area contributed by atoms with Gasteiger partial charge in [0, 0.05) is 6.54 Å². The molecule has 0 heterocycles. The van der Waals surface area contributed by atoms with E-state index in [-0.39, 0.29) is 17.9 Å². The average molecular weight is 341 g/mol. The molecule has 2 N–H and O–H groups in total. The van der Waals surface area contributed by atoms with Gasteiger partial charge in [-0.05, 0) is 35.2 Å². The maximum Gasteiger partial charge on any atom is 0.335 e. The van der Waals surface area contributed by atoms with Crippen molar-refractivity contribution in [2.75, 3.05) is 6.61 Å². The van der Waals surface area contributed by atoms with Gasteiger partial charge in [-0.3, -0.25) is 4.79 Å². The van der Waals surface area contributed by atoms with Gasteiger partial charge >= 0.3 is 5.97 Å². The minimum absolute atomic E-state index is 0.0337. The van der Waals surface area contributed by atoms with Crippen LogP contribution in [0.15, 0.2) is 48.5 Å². The van der Waals surface area contributed by atoms with Crippen LogP contribution in [0.2, 0.25) is 0 Å². The molecular weight excluding hydrogens is 318 g/mol. The van der Waals surface area contributed by atoms with E-state index >= 15 is 0 Å². The Labute approximate surface area is 147 Å². The van der Waals surface area contributed by atoms with Crippen LogP contribution < -0.4 is 10.1 Å². The number of benzene rings is 2. The summed E-state index contributed by atoms with van der Waals surface area (Å²) >= 11 is 0. The number of carboxylic acid groups (broad SMARTS) is 1. The Bertz CT molecular complexity index is 740. The fourth-order valence-electron chi connectivity index (χ4n) is 2.33. The first-order valence-electron chi connectivity index (χ1n) is 8.25. The van der Waals surface area contributed by atoms with Crippen LogP contribution in [0, 0.1) is 5.92 Å². The highest BCUT2D eigenvalue weighted by Crippen LogP contribution is 2.14. The second-order valence-electron chi connectivity index (χ2n) is 6.27. The van der Waals surface area contributed by atoms with Crippen molar-refractivity contribution in [2.24, 2.45) is 5.92 Å². The SMILES string of the molecule is CC(C)COc1cccc(CNC(=O)Cc2ccccc2C(=O)O)c1. The molecule has 0 saturated heterocycles. The molecule has 5 nitrogen and oxygen atoms in total. The lowest BCUT2D eigenvalue weighted by atomic mass is 10.0. The minimum Gasteiger partial charge on any atom is -0.493 e. The molecule has 2 rings (SSSR count). The maximum atomic E-state index is 12.1. The van der Waals surface area contributed by atoms with Gasteiger partial charge in [0.15, 0.2) is 0 Å². The number of aromatic carboxylic acids is 1. The minimum atomic E-state index is -1.03. The molecule has 2 aromatic carbocycles. The molecule has 5 heteroatoms. The molecule has 0 radical (unpaired) electrons. The molecule has 132 valence electrons. The molecule has 2 aromatic rings. The van der Waals surface area contributed by atoms with E-state index in [1.54, 1.807) is 18.2 Å². The predicted octanol–water partition coefficient (Wildman–Crippen LogP) is 3.28. The molecule has 0 saturated carbocycles. The van der Waals surface area contributed by atoms with Crippen LogP contribution in [-0.4, -0.2) is 23.6 Å². The lowest BCUT2D eigenvalue weighted by molar-refractivity contribution is -0.120. The third-order valence-corrected chi connectivity index (χ3v) is 3.57. The van der Waals surface area contributed by atoms with E-state index in [9.17, 15) is 9.59 Å². The quantitative estimate of drug-likeness (QED) is 0.772. The van der Waals surface area contributed by atoms with Crippen LogP contribution in [0.4, 0.5) is 0 Å². The zero-order valence-corrected chi connectivity index (χ0v) is 14.5. The Hall–Kier alpha value is -2.82. The summed E-state index contributed by atoms with van der Waals surface area (Å²) in [6.07, 6.45) is 0.0337. The van der Waals surface area contributed by atoms with E-state index in [1.807, 2.05) is 24.3 Å². The summed E-state index contributed by atoms with van der Waals surface area (Å²) in [7, 11) is 0. The second-order valence-corrected chi connectivity index (χ2v) is 6.27. The van der Waals surface area contributed by atoms with Gasteiger partial charge in [0.1, 0.15) is 5.75 Å². The standard InChI is InChI=1S/C20H23NO4/c1-14(2)13-25-17-8-5-6-15(10-17)12-21-19(22)11-16-7-3-4-9-18(16)20(23)24/h3-10,14H,11-13H2,1-2H3,(H,21,22)(H,23,24). The van der Waals surface area contributed by atoms with Gasteiger partial charge in [0.05, 0.1) is 18.6 Å². The van der Waals surface area contributed by atoms with Crippen molar-refractivity contribution in [3.8, 4) is 5.75 Å². The van der Waals surface area contributed by atoms with Crippen molar-refractivity contribution in [1.82, 2.24) is 5.32 Å². The van der Waals surface area contributed by atoms with Crippen LogP contribution >= 0.6 is 0 Å². The second kappa shape index (κ2) is 8.87. The van der Waals surface area contributed by atoms with Gasteiger partial charge in [-0.15, -0.1) is 0 Å². The molecule has 0 aromatic heterocycles. The highest BCUT2D eigenvalue weighted by atomic mass is 16.5. The number of hydrogen-bond donors (Lipinski definition) is 2. The largest absolute Gasteiger partial charge is 0.493 e. The van der Waals surface area contributed by atoms with Crippen molar-refractivity contribution in [2.45, 2.75) is 26.8 Å². The number of ether oxygens (including phenoxy) is 1. The van der Waals surface area contributed by atoms with E-state index in [1.165, 1.54) is 6.07 Å². The van der Waals surface area contributed by atoms with Gasteiger partial charge in [-0.25, -0.2) is 4.79 Å². The van der Waals surface area contributed by atoms with Crippen molar-refractivity contribution < 1.29 is 19.4 Å². The van der Waals surface area contributed by atoms with Crippen molar-refractivity contribution in [1.29, 1.82) is 0 Å². The van der Waals surface area contributed by atoms with E-state index < -0.39 is 5.97 Å². The van der Waals surface area contributed by atoms with Crippen LogP contribution in [0.1, 0.15) is 35.3 Å². The third kappa shape index (κ3) is 5.95. The summed E-state index contributed by atoms with van der Waals surface area (Å²) in [4.78, 5) is 23.3. The smallest absolute Gasteiger partial charge is 0.335 e. The van der Waals surface area contributed by atoms with E-state index in [2.05, 4.69) is 19.2 Å². The molecule has 1 amide bonds. The van der Waals surface area contributed by atoms with Crippen molar-refractivity contribution in [3.05, 3.63) is 65.2 Å². The molecular formula is C20H23NO4. The van der Waals surface area contributed by atoms with Crippen LogP contribution in [-0.2, 0) is 17.8 Å². The molecule has 25 heavy (non-hydrogen) atoms. The maximum absolute atomic E-state index is 12.1. The molecule has 0 aliphatic rings. The zero-order valence-electron chi connectivity index (χ0n) is 14.5. The Morgan fingerprint density at radius 3 is 2.60 bits per heavy atom. The monoisotopic (exact) mass is 341 g/mol. The first-order chi connectivity index (χ1) is 12.0. The lowest BCUT2D eigenvalue weighted by Crippen LogP contribution is -2.25.